The summed E-state index contributed by atoms with van der Waals surface area (Å²) in [5.74, 6) is -28.7. The third-order valence-corrected chi connectivity index (χ3v) is 4.90. The van der Waals surface area contributed by atoms with Crippen LogP contribution in [0.3, 0.4) is 0 Å². The van der Waals surface area contributed by atoms with Gasteiger partial charge in [0.15, 0.2) is 5.13 Å². The first-order chi connectivity index (χ1) is 12.6. The van der Waals surface area contributed by atoms with Gasteiger partial charge < -0.3 is 0 Å². The highest BCUT2D eigenvalue weighted by atomic mass is 32.1. The molecule has 0 spiro atoms. The van der Waals surface area contributed by atoms with Crippen molar-refractivity contribution in [2.45, 2.75) is 36.7 Å². The Kier molecular flexibility index (Phi) is 4.21. The molecule has 154 valence electrons. The monoisotopic (exact) mass is 438 g/mol. The molecule has 4 nitrogen and oxygen atoms in total. The van der Waals surface area contributed by atoms with Gasteiger partial charge in [0.1, 0.15) is 0 Å². The molecule has 1 aliphatic heterocycles. The van der Waals surface area contributed by atoms with Crippen LogP contribution in [-0.4, -0.2) is 40.6 Å². The predicted octanol–water partition coefficient (Wildman–Crippen LogP) is 4.74. The number of hydrogen-bond donors (Lipinski definition) is 1. The number of thiazole rings is 1. The molecule has 0 unspecified atom stereocenters. The number of rotatable bonds is 3. The Morgan fingerprint density at radius 1 is 1.11 bits per heavy atom. The number of fused-ring (bicyclic) bond motifs is 1. The van der Waals surface area contributed by atoms with E-state index in [1.165, 1.54) is 11.4 Å². The van der Waals surface area contributed by atoms with Crippen LogP contribution in [0.25, 0.3) is 10.2 Å². The van der Waals surface area contributed by atoms with Gasteiger partial charge in [-0.3, -0.25) is 14.8 Å². The number of para-hydroxylation sites is 1. The molecular formula is C14H7F9N2O2S. The van der Waals surface area contributed by atoms with Crippen molar-refractivity contribution in [3.63, 3.8) is 0 Å². The number of carbonyl (C=O) groups excluding carboxylic acids is 1. The first-order valence-electron chi connectivity index (χ1n) is 7.16. The molecular weight excluding hydrogens is 431 g/mol. The zero-order valence-electron chi connectivity index (χ0n) is 13.3. The van der Waals surface area contributed by atoms with Gasteiger partial charge in [-0.25, -0.2) is 4.98 Å². The molecule has 2 heterocycles. The van der Waals surface area contributed by atoms with Crippen LogP contribution in [0, 0.1) is 6.92 Å². The summed E-state index contributed by atoms with van der Waals surface area (Å²) in [5.41, 5.74) is 0.759. The number of nitrogens with zero attached hydrogens (tertiary/aromatic N) is 1. The molecule has 28 heavy (non-hydrogen) atoms. The van der Waals surface area contributed by atoms with Crippen molar-refractivity contribution >= 4 is 32.6 Å². The molecule has 1 aromatic heterocycles. The van der Waals surface area contributed by atoms with Crippen molar-refractivity contribution in [1.29, 1.82) is 0 Å². The molecule has 1 aromatic carbocycles. The molecule has 1 saturated heterocycles. The van der Waals surface area contributed by atoms with Gasteiger partial charge in [-0.2, -0.15) is 39.5 Å². The van der Waals surface area contributed by atoms with Crippen LogP contribution in [0.4, 0.5) is 44.6 Å². The van der Waals surface area contributed by atoms with Gasteiger partial charge in [-0.1, -0.05) is 23.5 Å². The highest BCUT2D eigenvalue weighted by molar-refractivity contribution is 7.22. The molecule has 2 aromatic rings. The topological polar surface area (TPSA) is 51.2 Å². The Balaban J connectivity index is 1.97. The van der Waals surface area contributed by atoms with Gasteiger partial charge in [-0.05, 0) is 18.6 Å². The Hall–Kier alpha value is -2.09. The summed E-state index contributed by atoms with van der Waals surface area (Å²) in [6.45, 7) is 1.57. The van der Waals surface area contributed by atoms with E-state index in [0.717, 1.165) is 0 Å². The molecule has 3 rings (SSSR count). The summed E-state index contributed by atoms with van der Waals surface area (Å²) in [5, 5.41) is 0.641. The van der Waals surface area contributed by atoms with E-state index < -0.39 is 40.8 Å². The van der Waals surface area contributed by atoms with E-state index in [4.69, 9.17) is 0 Å². The van der Waals surface area contributed by atoms with Gasteiger partial charge in [0.25, 0.3) is 0 Å². The molecule has 1 aliphatic rings. The number of carbonyl (C=O) groups is 1. The first kappa shape index (κ1) is 20.6. The number of anilines is 1. The maximum absolute atomic E-state index is 14.1. The zero-order chi connectivity index (χ0) is 21.3. The molecule has 1 N–H and O–H groups in total. The quantitative estimate of drug-likeness (QED) is 0.705. The number of nitrogens with one attached hydrogen (secondary N) is 1. The maximum atomic E-state index is 14.1. The average Bonchev–Trinajstić information content (AvgIpc) is 3.00. The van der Waals surface area contributed by atoms with Gasteiger partial charge in [0.05, 0.1) is 10.2 Å². The number of benzene rings is 1. The van der Waals surface area contributed by atoms with Gasteiger partial charge >= 0.3 is 35.6 Å². The lowest BCUT2D eigenvalue weighted by atomic mass is 9.99. The van der Waals surface area contributed by atoms with Gasteiger partial charge in [0.2, 0.25) is 0 Å². The van der Waals surface area contributed by atoms with Crippen molar-refractivity contribution in [3.05, 3.63) is 23.8 Å². The summed E-state index contributed by atoms with van der Waals surface area (Å²) in [6.07, 6.45) is -6.29. The largest absolute Gasteiger partial charge is 0.428 e. The fourth-order valence-electron chi connectivity index (χ4n) is 2.41. The minimum Gasteiger partial charge on any atom is -0.296 e. The van der Waals surface area contributed by atoms with E-state index in [1.54, 1.807) is 19.1 Å². The second-order valence-corrected chi connectivity index (χ2v) is 6.86. The van der Waals surface area contributed by atoms with E-state index in [2.05, 4.69) is 9.72 Å². The lowest BCUT2D eigenvalue weighted by molar-refractivity contribution is -0.366. The van der Waals surface area contributed by atoms with Crippen molar-refractivity contribution in [1.82, 2.24) is 4.98 Å². The van der Waals surface area contributed by atoms with Crippen LogP contribution in [0.5, 0.6) is 0 Å². The van der Waals surface area contributed by atoms with Crippen LogP contribution in [0.1, 0.15) is 5.56 Å². The molecule has 0 bridgehead atoms. The summed E-state index contributed by atoms with van der Waals surface area (Å²) in [7, 11) is 0. The number of aryl methyl sites for hydroxylation is 1. The van der Waals surface area contributed by atoms with Crippen molar-refractivity contribution in [2.75, 3.05) is 5.32 Å². The fourth-order valence-corrected chi connectivity index (χ4v) is 3.35. The number of alkyl halides is 9. The molecule has 1 fully saturated rings. The number of amides is 1. The number of ether oxygens (including phenoxy) is 1. The number of aromatic nitrogens is 1. The summed E-state index contributed by atoms with van der Waals surface area (Å²) in [4.78, 5) is 15.4. The third kappa shape index (κ3) is 2.43. The Morgan fingerprint density at radius 3 is 2.21 bits per heavy atom. The number of halogens is 9. The van der Waals surface area contributed by atoms with E-state index in [1.807, 2.05) is 0 Å². The van der Waals surface area contributed by atoms with E-state index in [-0.39, 0.29) is 5.52 Å². The van der Waals surface area contributed by atoms with Crippen molar-refractivity contribution in [3.8, 4) is 0 Å². The highest BCUT2D eigenvalue weighted by Gasteiger charge is 2.96. The van der Waals surface area contributed by atoms with Crippen molar-refractivity contribution in [2.24, 2.45) is 0 Å². The summed E-state index contributed by atoms with van der Waals surface area (Å²) >= 11 is 0.573. The first-order valence-corrected chi connectivity index (χ1v) is 7.98. The number of hydrogen-bond acceptors (Lipinski definition) is 4. The van der Waals surface area contributed by atoms with Gasteiger partial charge in [0, 0.05) is 0 Å². The molecule has 0 radical (unpaired) electrons. The normalized spacial score (nSPS) is 25.8. The standard InChI is InChI=1S/C14H7F9N2O2S/c1-5-3-2-4-6-7(5)24-9(28-6)25-8(26)10(15,16)13(21)11(17,18)12(19,20)14(22,23)27-13/h2-4H,1H3,(H,24,25,26)/t13-/m1/s1. The molecule has 1 atom stereocenters. The third-order valence-electron chi connectivity index (χ3n) is 3.96. The zero-order valence-corrected chi connectivity index (χ0v) is 14.1. The smallest absolute Gasteiger partial charge is 0.296 e. The Morgan fingerprint density at radius 2 is 1.71 bits per heavy atom. The summed E-state index contributed by atoms with van der Waals surface area (Å²) < 4.78 is 124. The predicted molar refractivity (Wildman–Crippen MR) is 77.7 cm³/mol. The minimum atomic E-state index is -6.73. The minimum absolute atomic E-state index is 0.224. The van der Waals surface area contributed by atoms with E-state index >= 15 is 0 Å². The van der Waals surface area contributed by atoms with Crippen LogP contribution in [-0.2, 0) is 9.53 Å². The second-order valence-electron chi connectivity index (χ2n) is 5.83. The van der Waals surface area contributed by atoms with Crippen LogP contribution in [0.15, 0.2) is 18.2 Å². The van der Waals surface area contributed by atoms with Crippen molar-refractivity contribution < 1.29 is 49.0 Å². The lowest BCUT2D eigenvalue weighted by Gasteiger charge is -2.31. The average molecular weight is 438 g/mol. The molecule has 0 saturated carbocycles. The lowest BCUT2D eigenvalue weighted by Crippen LogP contribution is -2.63. The SMILES string of the molecule is Cc1cccc2sc(NC(=O)C(F)(F)[C@@]3(F)OC(F)(F)C(F)(F)C3(F)F)nc12. The maximum Gasteiger partial charge on any atom is 0.428 e. The van der Waals surface area contributed by atoms with Crippen LogP contribution in [0.2, 0.25) is 0 Å². The van der Waals surface area contributed by atoms with Crippen LogP contribution >= 0.6 is 11.3 Å². The molecule has 14 heteroatoms. The van der Waals surface area contributed by atoms with Gasteiger partial charge in [-0.15, -0.1) is 0 Å². The van der Waals surface area contributed by atoms with E-state index in [0.29, 0.717) is 21.6 Å². The highest BCUT2D eigenvalue weighted by Crippen LogP contribution is 2.64. The molecule has 1 amide bonds. The van der Waals surface area contributed by atoms with E-state index in [9.17, 15) is 44.3 Å². The van der Waals surface area contributed by atoms with Crippen LogP contribution < -0.4 is 5.32 Å². The second kappa shape index (κ2) is 5.72. The fraction of sp³-hybridized carbons (Fsp3) is 0.429. The Labute approximate surface area is 153 Å². The molecule has 0 aliphatic carbocycles. The summed E-state index contributed by atoms with van der Waals surface area (Å²) in [6, 6.07) is 4.57. The Bertz CT molecular complexity index is 961.